The van der Waals surface area contributed by atoms with Crippen molar-refractivity contribution in [1.82, 2.24) is 4.90 Å². The minimum absolute atomic E-state index is 0.382. The van der Waals surface area contributed by atoms with Crippen molar-refractivity contribution in [1.29, 1.82) is 0 Å². The Morgan fingerprint density at radius 3 is 2.84 bits per heavy atom. The van der Waals surface area contributed by atoms with Gasteiger partial charge in [0.05, 0.1) is 10.4 Å². The van der Waals surface area contributed by atoms with Crippen LogP contribution in [0.15, 0.2) is 22.7 Å². The number of halogens is 2. The number of carbonyl (C=O) groups is 1. The van der Waals surface area contributed by atoms with E-state index in [9.17, 15) is 4.79 Å². The topological polar surface area (TPSA) is 49.8 Å². The van der Waals surface area contributed by atoms with Crippen molar-refractivity contribution in [2.75, 3.05) is 26.7 Å². The lowest BCUT2D eigenvalue weighted by atomic mass is 10.2. The van der Waals surface area contributed by atoms with Crippen LogP contribution in [-0.4, -0.2) is 42.7 Å². The summed E-state index contributed by atoms with van der Waals surface area (Å²) in [6.45, 7) is 3.34. The molecule has 1 unspecified atom stereocenters. The van der Waals surface area contributed by atoms with Gasteiger partial charge in [0.25, 0.3) is 0 Å². The van der Waals surface area contributed by atoms with Gasteiger partial charge in [-0.05, 0) is 41.2 Å². The molecule has 0 spiro atoms. The maximum atomic E-state index is 10.7. The van der Waals surface area contributed by atoms with Crippen molar-refractivity contribution < 1.29 is 14.6 Å². The average molecular weight is 351 g/mol. The third-order valence-electron chi connectivity index (χ3n) is 2.63. The minimum Gasteiger partial charge on any atom is -0.491 e. The SMILES string of the molecule is CC(CN(C)CCOc1ccc(Cl)cc1Br)C(=O)O. The Morgan fingerprint density at radius 2 is 2.26 bits per heavy atom. The summed E-state index contributed by atoms with van der Waals surface area (Å²) in [6, 6.07) is 5.33. The highest BCUT2D eigenvalue weighted by molar-refractivity contribution is 9.10. The summed E-state index contributed by atoms with van der Waals surface area (Å²) in [4.78, 5) is 12.7. The van der Waals surface area contributed by atoms with Gasteiger partial charge in [0.2, 0.25) is 0 Å². The van der Waals surface area contributed by atoms with E-state index in [0.717, 1.165) is 10.2 Å². The number of benzene rings is 1. The van der Waals surface area contributed by atoms with Gasteiger partial charge < -0.3 is 14.7 Å². The first-order valence-electron chi connectivity index (χ1n) is 5.89. The third kappa shape index (κ3) is 5.80. The van der Waals surface area contributed by atoms with E-state index >= 15 is 0 Å². The second kappa shape index (κ2) is 7.72. The van der Waals surface area contributed by atoms with Gasteiger partial charge >= 0.3 is 5.97 Å². The summed E-state index contributed by atoms with van der Waals surface area (Å²) >= 11 is 9.21. The zero-order valence-corrected chi connectivity index (χ0v) is 13.2. The summed E-state index contributed by atoms with van der Waals surface area (Å²) in [5.74, 6) is -0.440. The van der Waals surface area contributed by atoms with Gasteiger partial charge in [-0.15, -0.1) is 0 Å². The number of ether oxygens (including phenoxy) is 1. The Kier molecular flexibility index (Phi) is 6.62. The predicted octanol–water partition coefficient (Wildman–Crippen LogP) is 3.13. The molecule has 6 heteroatoms. The highest BCUT2D eigenvalue weighted by Gasteiger charge is 2.13. The van der Waals surface area contributed by atoms with Gasteiger partial charge in [0.1, 0.15) is 12.4 Å². The molecule has 0 saturated heterocycles. The van der Waals surface area contributed by atoms with Crippen molar-refractivity contribution in [3.05, 3.63) is 27.7 Å². The molecule has 0 aliphatic carbocycles. The van der Waals surface area contributed by atoms with E-state index in [2.05, 4.69) is 15.9 Å². The van der Waals surface area contributed by atoms with E-state index in [1.165, 1.54) is 0 Å². The lowest BCUT2D eigenvalue weighted by Crippen LogP contribution is -2.31. The molecule has 0 radical (unpaired) electrons. The molecule has 1 N–H and O–H groups in total. The predicted molar refractivity (Wildman–Crippen MR) is 78.9 cm³/mol. The summed E-state index contributed by atoms with van der Waals surface area (Å²) in [7, 11) is 1.87. The van der Waals surface area contributed by atoms with Gasteiger partial charge in [0, 0.05) is 18.1 Å². The van der Waals surface area contributed by atoms with Crippen LogP contribution in [0.2, 0.25) is 5.02 Å². The number of hydrogen-bond donors (Lipinski definition) is 1. The molecular weight excluding hydrogens is 334 g/mol. The second-order valence-corrected chi connectivity index (χ2v) is 5.72. The van der Waals surface area contributed by atoms with Gasteiger partial charge in [-0.1, -0.05) is 18.5 Å². The average Bonchev–Trinajstić information content (AvgIpc) is 2.31. The first-order valence-corrected chi connectivity index (χ1v) is 7.06. The van der Waals surface area contributed by atoms with Crippen molar-refractivity contribution in [2.24, 2.45) is 5.92 Å². The molecule has 0 bridgehead atoms. The molecular formula is C13H17BrClNO3. The van der Waals surface area contributed by atoms with Crippen LogP contribution < -0.4 is 4.74 Å². The largest absolute Gasteiger partial charge is 0.491 e. The molecule has 1 aromatic carbocycles. The Balaban J connectivity index is 2.35. The first-order chi connectivity index (χ1) is 8.90. The fourth-order valence-corrected chi connectivity index (χ4v) is 2.34. The van der Waals surface area contributed by atoms with Gasteiger partial charge in [-0.2, -0.15) is 0 Å². The van der Waals surface area contributed by atoms with E-state index in [1.807, 2.05) is 11.9 Å². The van der Waals surface area contributed by atoms with E-state index in [4.69, 9.17) is 21.4 Å². The second-order valence-electron chi connectivity index (χ2n) is 4.42. The standard InChI is InChI=1S/C13H17BrClNO3/c1-9(13(17)18)8-16(2)5-6-19-12-4-3-10(15)7-11(12)14/h3-4,7,9H,5-6,8H2,1-2H3,(H,17,18). The van der Waals surface area contributed by atoms with Crippen LogP contribution in [0.3, 0.4) is 0 Å². The molecule has 0 aliphatic rings. The number of rotatable bonds is 7. The number of carboxylic acid groups (broad SMARTS) is 1. The summed E-state index contributed by atoms with van der Waals surface area (Å²) < 4.78 is 6.42. The molecule has 0 fully saturated rings. The molecule has 106 valence electrons. The Labute approximate surface area is 126 Å². The Morgan fingerprint density at radius 1 is 1.58 bits per heavy atom. The number of nitrogens with zero attached hydrogens (tertiary/aromatic N) is 1. The summed E-state index contributed by atoms with van der Waals surface area (Å²) in [5, 5.41) is 9.47. The molecule has 0 aromatic heterocycles. The molecule has 0 saturated carbocycles. The quantitative estimate of drug-likeness (QED) is 0.821. The molecule has 1 atom stereocenters. The van der Waals surface area contributed by atoms with Crippen molar-refractivity contribution in [2.45, 2.75) is 6.92 Å². The Hall–Kier alpha value is -0.780. The van der Waals surface area contributed by atoms with Crippen LogP contribution in [0, 0.1) is 5.92 Å². The smallest absolute Gasteiger partial charge is 0.307 e. The number of hydrogen-bond acceptors (Lipinski definition) is 3. The van der Waals surface area contributed by atoms with E-state index in [-0.39, 0.29) is 5.92 Å². The van der Waals surface area contributed by atoms with Crippen molar-refractivity contribution in [3.63, 3.8) is 0 Å². The number of aliphatic carboxylic acids is 1. The van der Waals surface area contributed by atoms with Crippen molar-refractivity contribution in [3.8, 4) is 5.75 Å². The van der Waals surface area contributed by atoms with Gasteiger partial charge in [-0.3, -0.25) is 4.79 Å². The zero-order valence-electron chi connectivity index (χ0n) is 10.9. The molecule has 1 rings (SSSR count). The highest BCUT2D eigenvalue weighted by atomic mass is 79.9. The maximum Gasteiger partial charge on any atom is 0.307 e. The van der Waals surface area contributed by atoms with Crippen LogP contribution in [0.1, 0.15) is 6.92 Å². The normalized spacial score (nSPS) is 12.5. The van der Waals surface area contributed by atoms with Gasteiger partial charge in [0.15, 0.2) is 0 Å². The highest BCUT2D eigenvalue weighted by Crippen LogP contribution is 2.27. The molecule has 0 heterocycles. The number of likely N-dealkylation sites (N-methyl/N-ethyl adjacent to an activating group) is 1. The van der Waals surface area contributed by atoms with Gasteiger partial charge in [-0.25, -0.2) is 0 Å². The van der Waals surface area contributed by atoms with E-state index in [1.54, 1.807) is 25.1 Å². The molecule has 0 aliphatic heterocycles. The molecule has 4 nitrogen and oxygen atoms in total. The van der Waals surface area contributed by atoms with Crippen LogP contribution in [0.5, 0.6) is 5.75 Å². The monoisotopic (exact) mass is 349 g/mol. The lowest BCUT2D eigenvalue weighted by molar-refractivity contribution is -0.141. The van der Waals surface area contributed by atoms with E-state index in [0.29, 0.717) is 24.7 Å². The Bertz CT molecular complexity index is 442. The minimum atomic E-state index is -0.784. The first kappa shape index (κ1) is 16.3. The molecule has 19 heavy (non-hydrogen) atoms. The zero-order chi connectivity index (χ0) is 14.4. The molecule has 0 amide bonds. The lowest BCUT2D eigenvalue weighted by Gasteiger charge is -2.19. The van der Waals surface area contributed by atoms with Crippen LogP contribution >= 0.6 is 27.5 Å². The fraction of sp³-hybridized carbons (Fsp3) is 0.462. The van der Waals surface area contributed by atoms with Crippen LogP contribution in [-0.2, 0) is 4.79 Å². The number of carboxylic acids is 1. The fourth-order valence-electron chi connectivity index (χ4n) is 1.54. The van der Waals surface area contributed by atoms with E-state index < -0.39 is 5.97 Å². The van der Waals surface area contributed by atoms with Crippen LogP contribution in [0.4, 0.5) is 0 Å². The van der Waals surface area contributed by atoms with Crippen LogP contribution in [0.25, 0.3) is 0 Å². The van der Waals surface area contributed by atoms with Crippen molar-refractivity contribution >= 4 is 33.5 Å². The summed E-state index contributed by atoms with van der Waals surface area (Å²) in [5.41, 5.74) is 0. The third-order valence-corrected chi connectivity index (χ3v) is 3.49. The molecule has 1 aromatic rings. The summed E-state index contributed by atoms with van der Waals surface area (Å²) in [6.07, 6.45) is 0. The maximum absolute atomic E-state index is 10.7.